The smallest absolute Gasteiger partial charge is 0.403 e. The molecule has 0 radical (unpaired) electrons. The summed E-state index contributed by atoms with van der Waals surface area (Å²) in [6.45, 7) is -1.75. The highest BCUT2D eigenvalue weighted by Crippen LogP contribution is 2.39. The monoisotopic (exact) mass is 279 g/mol. The van der Waals surface area contributed by atoms with Crippen molar-refractivity contribution in [3.63, 3.8) is 0 Å². The average Bonchev–Trinajstić information content (AvgIpc) is 2.16. The van der Waals surface area contributed by atoms with Gasteiger partial charge < -0.3 is 9.72 Å². The Morgan fingerprint density at radius 1 is 1.17 bits per heavy atom. The quantitative estimate of drug-likeness (QED) is 0.846. The molecule has 1 aromatic heterocycles. The summed E-state index contributed by atoms with van der Waals surface area (Å²) < 4.78 is 88.4. The van der Waals surface area contributed by atoms with E-state index in [1.165, 1.54) is 4.98 Å². The van der Waals surface area contributed by atoms with Gasteiger partial charge in [0.15, 0.2) is 5.75 Å². The summed E-state index contributed by atoms with van der Waals surface area (Å²) in [7, 11) is 0. The van der Waals surface area contributed by atoms with Gasteiger partial charge in [-0.2, -0.15) is 13.2 Å². The number of alkyl halides is 7. The van der Waals surface area contributed by atoms with Crippen molar-refractivity contribution in [1.82, 2.24) is 4.98 Å². The van der Waals surface area contributed by atoms with Crippen LogP contribution in [0, 0.1) is 0 Å². The number of pyridine rings is 1. The molecule has 0 spiro atoms. The molecule has 0 aliphatic carbocycles. The van der Waals surface area contributed by atoms with Crippen LogP contribution in [0.1, 0.15) is 11.3 Å². The predicted molar refractivity (Wildman–Crippen MR) is 43.6 cm³/mol. The zero-order chi connectivity index (χ0) is 14.1. The van der Waals surface area contributed by atoms with Crippen molar-refractivity contribution in [2.45, 2.75) is 19.2 Å². The average molecular weight is 279 g/mol. The largest absolute Gasteiger partial charge is 0.573 e. The maximum Gasteiger partial charge on any atom is 0.573 e. The molecule has 1 rings (SSSR count). The molecule has 3 nitrogen and oxygen atoms in total. The molecule has 0 aliphatic rings. The number of aromatic amines is 1. The second-order valence-electron chi connectivity index (χ2n) is 3.03. The van der Waals surface area contributed by atoms with E-state index >= 15 is 0 Å². The molecule has 1 N–H and O–H groups in total. The van der Waals surface area contributed by atoms with Crippen molar-refractivity contribution in [3.8, 4) is 5.75 Å². The third kappa shape index (κ3) is 3.37. The summed E-state index contributed by atoms with van der Waals surface area (Å²) in [5, 5.41) is 0. The molecule has 10 heteroatoms. The SMILES string of the molecule is O=c1cc(C(F)(F)F)c(OC(F)(F)F)c(CF)[nH]1. The molecular formula is C8H4F7NO2. The van der Waals surface area contributed by atoms with Crippen molar-refractivity contribution in [3.05, 3.63) is 27.7 Å². The summed E-state index contributed by atoms with van der Waals surface area (Å²) in [5.41, 5.74) is -4.60. The van der Waals surface area contributed by atoms with Gasteiger partial charge in [0.2, 0.25) is 5.56 Å². The fraction of sp³-hybridized carbons (Fsp3) is 0.375. The second-order valence-corrected chi connectivity index (χ2v) is 3.03. The highest BCUT2D eigenvalue weighted by Gasteiger charge is 2.41. The van der Waals surface area contributed by atoms with Gasteiger partial charge in [-0.1, -0.05) is 0 Å². The van der Waals surface area contributed by atoms with Gasteiger partial charge in [-0.15, -0.1) is 13.2 Å². The third-order valence-electron chi connectivity index (χ3n) is 1.73. The van der Waals surface area contributed by atoms with E-state index in [2.05, 4.69) is 4.74 Å². The van der Waals surface area contributed by atoms with Crippen LogP contribution < -0.4 is 10.3 Å². The van der Waals surface area contributed by atoms with Gasteiger partial charge in [0.25, 0.3) is 0 Å². The van der Waals surface area contributed by atoms with E-state index in [9.17, 15) is 35.5 Å². The lowest BCUT2D eigenvalue weighted by atomic mass is 10.2. The normalized spacial score (nSPS) is 12.6. The van der Waals surface area contributed by atoms with E-state index in [4.69, 9.17) is 0 Å². The zero-order valence-electron chi connectivity index (χ0n) is 8.25. The van der Waals surface area contributed by atoms with E-state index in [-0.39, 0.29) is 6.07 Å². The number of ether oxygens (including phenoxy) is 1. The number of hydrogen-bond donors (Lipinski definition) is 1. The van der Waals surface area contributed by atoms with Crippen LogP contribution in [0.2, 0.25) is 0 Å². The highest BCUT2D eigenvalue weighted by atomic mass is 19.4. The second kappa shape index (κ2) is 4.50. The minimum absolute atomic E-state index is 0.139. The van der Waals surface area contributed by atoms with Gasteiger partial charge in [-0.05, 0) is 0 Å². The molecule has 102 valence electrons. The zero-order valence-corrected chi connectivity index (χ0v) is 8.25. The number of aromatic nitrogens is 1. The molecule has 0 saturated heterocycles. The fourth-order valence-corrected chi connectivity index (χ4v) is 1.14. The number of nitrogens with one attached hydrogen (secondary N) is 1. The molecule has 0 unspecified atom stereocenters. The summed E-state index contributed by atoms with van der Waals surface area (Å²) in [5.74, 6) is -1.79. The maximum absolute atomic E-state index is 12.4. The van der Waals surface area contributed by atoms with Gasteiger partial charge in [-0.3, -0.25) is 4.79 Å². The number of hydrogen-bond acceptors (Lipinski definition) is 2. The molecule has 1 heterocycles. The molecule has 0 aliphatic heterocycles. The van der Waals surface area contributed by atoms with Crippen LogP contribution in [-0.2, 0) is 12.9 Å². The summed E-state index contributed by atoms with van der Waals surface area (Å²) in [6.07, 6.45) is -10.7. The van der Waals surface area contributed by atoms with E-state index in [0.717, 1.165) is 0 Å². The standard InChI is InChI=1S/C8H4F7NO2/c9-2-4-6(18-8(13,14)15)3(7(10,11)12)1-5(17)16-4/h1H,2H2,(H,16,17). The molecule has 0 bridgehead atoms. The highest BCUT2D eigenvalue weighted by molar-refractivity contribution is 5.39. The number of halogens is 7. The molecule has 0 saturated carbocycles. The molecule has 0 atom stereocenters. The molecule has 0 fully saturated rings. The van der Waals surface area contributed by atoms with Crippen molar-refractivity contribution in [2.24, 2.45) is 0 Å². The first kappa shape index (κ1) is 14.3. The lowest BCUT2D eigenvalue weighted by Gasteiger charge is -2.16. The van der Waals surface area contributed by atoms with Crippen molar-refractivity contribution >= 4 is 0 Å². The van der Waals surface area contributed by atoms with Gasteiger partial charge in [-0.25, -0.2) is 4.39 Å². The van der Waals surface area contributed by atoms with E-state index in [1.54, 1.807) is 0 Å². The topological polar surface area (TPSA) is 42.1 Å². The van der Waals surface area contributed by atoms with Gasteiger partial charge in [0.05, 0.1) is 5.69 Å². The van der Waals surface area contributed by atoms with Crippen LogP contribution in [0.5, 0.6) is 5.75 Å². The Hall–Kier alpha value is -1.74. The van der Waals surface area contributed by atoms with Crippen molar-refractivity contribution in [2.75, 3.05) is 0 Å². The van der Waals surface area contributed by atoms with Crippen LogP contribution in [0.25, 0.3) is 0 Å². The first-order valence-electron chi connectivity index (χ1n) is 4.19. The van der Waals surface area contributed by atoms with E-state index < -0.39 is 41.8 Å². The van der Waals surface area contributed by atoms with Crippen molar-refractivity contribution < 1.29 is 35.5 Å². The number of rotatable bonds is 2. The van der Waals surface area contributed by atoms with E-state index in [0.29, 0.717) is 0 Å². The summed E-state index contributed by atoms with van der Waals surface area (Å²) >= 11 is 0. The minimum atomic E-state index is -5.44. The first-order chi connectivity index (χ1) is 8.04. The Bertz CT molecular complexity index is 488. The summed E-state index contributed by atoms with van der Waals surface area (Å²) in [6, 6.07) is -0.139. The summed E-state index contributed by atoms with van der Waals surface area (Å²) in [4.78, 5) is 12.3. The Balaban J connectivity index is 3.48. The maximum atomic E-state index is 12.4. The van der Waals surface area contributed by atoms with Gasteiger partial charge in [0, 0.05) is 6.07 Å². The Labute approximate surface area is 94.2 Å². The Kier molecular flexibility index (Phi) is 3.58. The first-order valence-corrected chi connectivity index (χ1v) is 4.19. The van der Waals surface area contributed by atoms with E-state index in [1.807, 2.05) is 0 Å². The number of H-pyrrole nitrogens is 1. The van der Waals surface area contributed by atoms with Crippen LogP contribution in [-0.4, -0.2) is 11.3 Å². The van der Waals surface area contributed by atoms with Gasteiger partial charge >= 0.3 is 12.5 Å². The van der Waals surface area contributed by atoms with Crippen LogP contribution in [0.4, 0.5) is 30.7 Å². The predicted octanol–water partition coefficient (Wildman–Crippen LogP) is 2.76. The molecular weight excluding hydrogens is 275 g/mol. The lowest BCUT2D eigenvalue weighted by Crippen LogP contribution is -2.24. The fourth-order valence-electron chi connectivity index (χ4n) is 1.14. The Morgan fingerprint density at radius 2 is 1.72 bits per heavy atom. The van der Waals surface area contributed by atoms with Crippen LogP contribution in [0.15, 0.2) is 10.9 Å². The molecule has 0 aromatic carbocycles. The molecule has 0 amide bonds. The minimum Gasteiger partial charge on any atom is -0.403 e. The lowest BCUT2D eigenvalue weighted by molar-refractivity contribution is -0.276. The van der Waals surface area contributed by atoms with Crippen molar-refractivity contribution in [1.29, 1.82) is 0 Å². The molecule has 1 aromatic rings. The molecule has 18 heavy (non-hydrogen) atoms. The van der Waals surface area contributed by atoms with Crippen LogP contribution >= 0.6 is 0 Å². The van der Waals surface area contributed by atoms with Crippen LogP contribution in [0.3, 0.4) is 0 Å². The third-order valence-corrected chi connectivity index (χ3v) is 1.73. The Morgan fingerprint density at radius 3 is 2.11 bits per heavy atom. The van der Waals surface area contributed by atoms with Gasteiger partial charge in [0.1, 0.15) is 12.2 Å².